The highest BCUT2D eigenvalue weighted by Crippen LogP contribution is 2.20. The first-order chi connectivity index (χ1) is 10.1. The van der Waals surface area contributed by atoms with Crippen LogP contribution in [0, 0.1) is 6.92 Å². The molecule has 0 saturated heterocycles. The summed E-state index contributed by atoms with van der Waals surface area (Å²) in [4.78, 5) is 12.2. The summed E-state index contributed by atoms with van der Waals surface area (Å²) >= 11 is 0. The van der Waals surface area contributed by atoms with E-state index in [1.807, 2.05) is 6.07 Å². The van der Waals surface area contributed by atoms with E-state index in [1.54, 1.807) is 25.1 Å². The third-order valence-electron chi connectivity index (χ3n) is 3.90. The fourth-order valence-electron chi connectivity index (χ4n) is 2.61. The number of carbonyl (C=O) groups is 1. The van der Waals surface area contributed by atoms with Crippen LogP contribution in [-0.2, 0) is 19.6 Å². The van der Waals surface area contributed by atoms with Crippen LogP contribution in [0.5, 0.6) is 5.75 Å². The number of carbonyl (C=O) groups excluding carboxylic acids is 1. The lowest BCUT2D eigenvalue weighted by Crippen LogP contribution is -2.23. The molecule has 0 saturated carbocycles. The number of benzene rings is 2. The molecule has 4 nitrogen and oxygen atoms in total. The zero-order valence-electron chi connectivity index (χ0n) is 11.9. The van der Waals surface area contributed by atoms with Crippen molar-refractivity contribution in [2.45, 2.75) is 26.6 Å². The largest absolute Gasteiger partial charge is 0.508 e. The SMILES string of the molecule is Cc1c(O)cccc1C(=O)NCc1ccc2c(c1)CNC2. The lowest BCUT2D eigenvalue weighted by molar-refractivity contribution is 0.0950. The Labute approximate surface area is 123 Å². The summed E-state index contributed by atoms with van der Waals surface area (Å²) in [7, 11) is 0. The number of amides is 1. The highest BCUT2D eigenvalue weighted by Gasteiger charge is 2.13. The number of aromatic hydroxyl groups is 1. The molecule has 0 bridgehead atoms. The Balaban J connectivity index is 1.70. The van der Waals surface area contributed by atoms with Crippen LogP contribution >= 0.6 is 0 Å². The third kappa shape index (κ3) is 2.76. The second-order valence-electron chi connectivity index (χ2n) is 5.34. The Morgan fingerprint density at radius 2 is 2.05 bits per heavy atom. The van der Waals surface area contributed by atoms with E-state index in [-0.39, 0.29) is 11.7 Å². The van der Waals surface area contributed by atoms with E-state index in [4.69, 9.17) is 0 Å². The second-order valence-corrected chi connectivity index (χ2v) is 5.34. The molecule has 0 unspecified atom stereocenters. The van der Waals surface area contributed by atoms with Crippen LogP contribution in [0.3, 0.4) is 0 Å². The first kappa shape index (κ1) is 13.6. The van der Waals surface area contributed by atoms with Gasteiger partial charge in [0, 0.05) is 30.8 Å². The van der Waals surface area contributed by atoms with Crippen LogP contribution < -0.4 is 10.6 Å². The molecule has 3 rings (SSSR count). The topological polar surface area (TPSA) is 61.4 Å². The summed E-state index contributed by atoms with van der Waals surface area (Å²) in [6, 6.07) is 11.3. The summed E-state index contributed by atoms with van der Waals surface area (Å²) < 4.78 is 0. The van der Waals surface area contributed by atoms with Gasteiger partial charge in [0.1, 0.15) is 5.75 Å². The third-order valence-corrected chi connectivity index (χ3v) is 3.90. The fourth-order valence-corrected chi connectivity index (χ4v) is 2.61. The lowest BCUT2D eigenvalue weighted by atomic mass is 10.1. The van der Waals surface area contributed by atoms with Gasteiger partial charge in [0.25, 0.3) is 5.91 Å². The van der Waals surface area contributed by atoms with Crippen molar-refractivity contribution in [3.63, 3.8) is 0 Å². The van der Waals surface area contributed by atoms with E-state index >= 15 is 0 Å². The van der Waals surface area contributed by atoms with Crippen molar-refractivity contribution < 1.29 is 9.90 Å². The number of hydrogen-bond acceptors (Lipinski definition) is 3. The number of nitrogens with one attached hydrogen (secondary N) is 2. The van der Waals surface area contributed by atoms with E-state index in [9.17, 15) is 9.90 Å². The molecular weight excluding hydrogens is 264 g/mol. The molecule has 21 heavy (non-hydrogen) atoms. The van der Waals surface area contributed by atoms with Gasteiger partial charge in [-0.15, -0.1) is 0 Å². The molecule has 0 atom stereocenters. The van der Waals surface area contributed by atoms with Gasteiger partial charge in [-0.3, -0.25) is 4.79 Å². The highest BCUT2D eigenvalue weighted by atomic mass is 16.3. The van der Waals surface area contributed by atoms with Crippen molar-refractivity contribution in [2.24, 2.45) is 0 Å². The molecule has 1 aliphatic heterocycles. The molecule has 4 heteroatoms. The quantitative estimate of drug-likeness (QED) is 0.809. The first-order valence-corrected chi connectivity index (χ1v) is 7.03. The van der Waals surface area contributed by atoms with Gasteiger partial charge in [-0.1, -0.05) is 24.3 Å². The minimum atomic E-state index is -0.165. The minimum absolute atomic E-state index is 0.145. The van der Waals surface area contributed by atoms with Crippen LogP contribution in [0.2, 0.25) is 0 Å². The van der Waals surface area contributed by atoms with E-state index in [2.05, 4.69) is 22.8 Å². The molecule has 3 N–H and O–H groups in total. The van der Waals surface area contributed by atoms with Gasteiger partial charge in [0.15, 0.2) is 0 Å². The Kier molecular flexibility index (Phi) is 3.62. The number of phenolic OH excluding ortho intramolecular Hbond substituents is 1. The summed E-state index contributed by atoms with van der Waals surface area (Å²) in [6.45, 7) is 4.04. The molecule has 108 valence electrons. The lowest BCUT2D eigenvalue weighted by Gasteiger charge is -2.09. The zero-order chi connectivity index (χ0) is 14.8. The van der Waals surface area contributed by atoms with E-state index in [0.717, 1.165) is 18.7 Å². The van der Waals surface area contributed by atoms with Gasteiger partial charge in [-0.2, -0.15) is 0 Å². The van der Waals surface area contributed by atoms with E-state index in [1.165, 1.54) is 11.1 Å². The van der Waals surface area contributed by atoms with Crippen LogP contribution in [0.1, 0.15) is 32.6 Å². The summed E-state index contributed by atoms with van der Waals surface area (Å²) in [5.41, 5.74) is 4.83. The van der Waals surface area contributed by atoms with Gasteiger partial charge in [0.05, 0.1) is 0 Å². The maximum Gasteiger partial charge on any atom is 0.251 e. The van der Waals surface area contributed by atoms with Crippen molar-refractivity contribution in [1.82, 2.24) is 10.6 Å². The molecule has 0 aliphatic carbocycles. The highest BCUT2D eigenvalue weighted by molar-refractivity contribution is 5.96. The Hall–Kier alpha value is -2.33. The Bertz CT molecular complexity index is 695. The summed E-state index contributed by atoms with van der Waals surface area (Å²) in [6.07, 6.45) is 0. The summed E-state index contributed by atoms with van der Waals surface area (Å²) in [5, 5.41) is 15.9. The maximum absolute atomic E-state index is 12.2. The molecule has 2 aromatic rings. The molecule has 0 aromatic heterocycles. The molecular formula is C17H18N2O2. The average molecular weight is 282 g/mol. The van der Waals surface area contributed by atoms with Gasteiger partial charge >= 0.3 is 0 Å². The summed E-state index contributed by atoms with van der Waals surface area (Å²) in [5.74, 6) is -0.0201. The average Bonchev–Trinajstić information content (AvgIpc) is 2.95. The van der Waals surface area contributed by atoms with Gasteiger partial charge in [0.2, 0.25) is 0 Å². The molecule has 1 amide bonds. The predicted octanol–water partition coefficient (Wildman–Crippen LogP) is 2.23. The van der Waals surface area contributed by atoms with Crippen molar-refractivity contribution in [3.05, 3.63) is 64.2 Å². The second kappa shape index (κ2) is 5.58. The number of hydrogen-bond donors (Lipinski definition) is 3. The van der Waals surface area contributed by atoms with Crippen molar-refractivity contribution in [3.8, 4) is 5.75 Å². The number of fused-ring (bicyclic) bond motifs is 1. The molecule has 0 radical (unpaired) electrons. The smallest absolute Gasteiger partial charge is 0.251 e. The molecule has 0 spiro atoms. The minimum Gasteiger partial charge on any atom is -0.508 e. The molecule has 2 aromatic carbocycles. The van der Waals surface area contributed by atoms with Crippen LogP contribution in [0.4, 0.5) is 0 Å². The zero-order valence-corrected chi connectivity index (χ0v) is 11.9. The fraction of sp³-hybridized carbons (Fsp3) is 0.235. The van der Waals surface area contributed by atoms with Crippen LogP contribution in [0.25, 0.3) is 0 Å². The number of phenols is 1. The van der Waals surface area contributed by atoms with Crippen LogP contribution in [-0.4, -0.2) is 11.0 Å². The molecule has 1 aliphatic rings. The van der Waals surface area contributed by atoms with Gasteiger partial charge in [-0.05, 0) is 35.7 Å². The van der Waals surface area contributed by atoms with Crippen molar-refractivity contribution >= 4 is 5.91 Å². The number of rotatable bonds is 3. The van der Waals surface area contributed by atoms with Crippen LogP contribution in [0.15, 0.2) is 36.4 Å². The Morgan fingerprint density at radius 1 is 1.24 bits per heavy atom. The monoisotopic (exact) mass is 282 g/mol. The molecule has 1 heterocycles. The van der Waals surface area contributed by atoms with Gasteiger partial charge in [-0.25, -0.2) is 0 Å². The normalized spacial score (nSPS) is 13.0. The maximum atomic E-state index is 12.2. The van der Waals surface area contributed by atoms with E-state index < -0.39 is 0 Å². The first-order valence-electron chi connectivity index (χ1n) is 7.03. The van der Waals surface area contributed by atoms with E-state index in [0.29, 0.717) is 17.7 Å². The van der Waals surface area contributed by atoms with Crippen molar-refractivity contribution in [1.29, 1.82) is 0 Å². The van der Waals surface area contributed by atoms with Crippen molar-refractivity contribution in [2.75, 3.05) is 0 Å². The molecule has 0 fully saturated rings. The van der Waals surface area contributed by atoms with Gasteiger partial charge < -0.3 is 15.7 Å². The standard InChI is InChI=1S/C17H18N2O2/c1-11-15(3-2-4-16(11)20)17(21)19-8-12-5-6-13-9-18-10-14(13)7-12/h2-7,18,20H,8-10H2,1H3,(H,19,21). The Morgan fingerprint density at radius 3 is 2.90 bits per heavy atom. The predicted molar refractivity (Wildman–Crippen MR) is 81.0 cm³/mol.